The van der Waals surface area contributed by atoms with Crippen LogP contribution in [0.25, 0.3) is 0 Å². The maximum atomic E-state index is 11.7. The van der Waals surface area contributed by atoms with Crippen LogP contribution in [0.2, 0.25) is 0 Å². The van der Waals surface area contributed by atoms with E-state index in [1.807, 2.05) is 27.7 Å². The molecule has 0 atom stereocenters. The molecule has 0 N–H and O–H groups in total. The van der Waals surface area contributed by atoms with Crippen LogP contribution in [0.5, 0.6) is 0 Å². The van der Waals surface area contributed by atoms with Crippen LogP contribution in [-0.2, 0) is 21.3 Å². The lowest BCUT2D eigenvalue weighted by Crippen LogP contribution is -2.17. The van der Waals surface area contributed by atoms with E-state index < -0.39 is 5.97 Å². The largest absolute Gasteiger partial charge is 0.463 e. The first-order chi connectivity index (χ1) is 8.90. The highest BCUT2D eigenvalue weighted by Gasteiger charge is 2.29. The Hall–Kier alpha value is -1.36. The van der Waals surface area contributed by atoms with Crippen LogP contribution in [0.3, 0.4) is 0 Å². The van der Waals surface area contributed by atoms with Gasteiger partial charge in [0, 0.05) is 25.0 Å². The topological polar surface area (TPSA) is 61.6 Å². The van der Waals surface area contributed by atoms with Gasteiger partial charge in [0.25, 0.3) is 0 Å². The Labute approximate surface area is 114 Å². The highest BCUT2D eigenvalue weighted by atomic mass is 16.5. The van der Waals surface area contributed by atoms with E-state index in [4.69, 9.17) is 13.9 Å². The van der Waals surface area contributed by atoms with E-state index in [9.17, 15) is 4.79 Å². The molecule has 1 heterocycles. The molecule has 5 nitrogen and oxygen atoms in total. The normalized spacial score (nSPS) is 11.6. The number of carbonyl (C=O) groups excluding carboxylic acids is 1. The molecule has 0 fully saturated rings. The minimum atomic E-state index is -0.478. The van der Waals surface area contributed by atoms with Crippen LogP contribution in [0.1, 0.15) is 56.3 Å². The molecule has 0 saturated heterocycles. The molecule has 0 aromatic carbocycles. The molecule has 19 heavy (non-hydrogen) atoms. The Kier molecular flexibility index (Phi) is 5.54. The summed E-state index contributed by atoms with van der Waals surface area (Å²) in [4.78, 5) is 16.1. The zero-order valence-electron chi connectivity index (χ0n) is 12.4. The van der Waals surface area contributed by atoms with Gasteiger partial charge in [0.2, 0.25) is 5.76 Å². The summed E-state index contributed by atoms with van der Waals surface area (Å²) in [5.74, 6) is 0.292. The molecular weight excluding hydrogens is 246 g/mol. The molecule has 0 aliphatic heterocycles. The maximum absolute atomic E-state index is 11.7. The number of aromatic nitrogens is 1. The lowest BCUT2D eigenvalue weighted by atomic mass is 9.91. The number of esters is 1. The number of nitrogens with zero attached hydrogens (tertiary/aromatic N) is 1. The van der Waals surface area contributed by atoms with Gasteiger partial charge in [-0.05, 0) is 13.3 Å². The first-order valence-corrected chi connectivity index (χ1v) is 6.56. The number of oxazole rings is 1. The number of hydrogen-bond donors (Lipinski definition) is 0. The van der Waals surface area contributed by atoms with Crippen molar-refractivity contribution in [3.63, 3.8) is 0 Å². The minimum absolute atomic E-state index is 0.210. The average molecular weight is 269 g/mol. The lowest BCUT2D eigenvalue weighted by Gasteiger charge is -2.15. The third kappa shape index (κ3) is 4.35. The quantitative estimate of drug-likeness (QED) is 0.587. The molecule has 0 aliphatic rings. The highest BCUT2D eigenvalue weighted by molar-refractivity contribution is 5.87. The summed E-state index contributed by atoms with van der Waals surface area (Å²) in [6.45, 7) is 9.28. The molecule has 0 radical (unpaired) electrons. The van der Waals surface area contributed by atoms with Gasteiger partial charge in [-0.2, -0.15) is 0 Å². The zero-order chi connectivity index (χ0) is 14.5. The van der Waals surface area contributed by atoms with Gasteiger partial charge in [0.1, 0.15) is 0 Å². The Morgan fingerprint density at radius 2 is 2.05 bits per heavy atom. The van der Waals surface area contributed by atoms with E-state index >= 15 is 0 Å². The van der Waals surface area contributed by atoms with Crippen molar-refractivity contribution in [3.05, 3.63) is 17.3 Å². The first-order valence-electron chi connectivity index (χ1n) is 6.56. The molecule has 0 amide bonds. The van der Waals surface area contributed by atoms with Gasteiger partial charge in [-0.15, -0.1) is 0 Å². The summed E-state index contributed by atoms with van der Waals surface area (Å²) in [5.41, 5.74) is 0.385. The number of methoxy groups -OCH3 is 1. The summed E-state index contributed by atoms with van der Waals surface area (Å²) in [7, 11) is 1.34. The van der Waals surface area contributed by atoms with Crippen molar-refractivity contribution in [2.75, 3.05) is 20.3 Å². The van der Waals surface area contributed by atoms with Crippen LogP contribution >= 0.6 is 0 Å². The molecule has 108 valence electrons. The van der Waals surface area contributed by atoms with Gasteiger partial charge in [-0.25, -0.2) is 9.78 Å². The van der Waals surface area contributed by atoms with Gasteiger partial charge in [-0.1, -0.05) is 20.8 Å². The second kappa shape index (κ2) is 6.70. The van der Waals surface area contributed by atoms with E-state index in [1.165, 1.54) is 7.11 Å². The summed E-state index contributed by atoms with van der Waals surface area (Å²) in [5, 5.41) is 0. The van der Waals surface area contributed by atoms with E-state index in [2.05, 4.69) is 4.98 Å². The predicted molar refractivity (Wildman–Crippen MR) is 71.4 cm³/mol. The number of carbonyl (C=O) groups is 1. The van der Waals surface area contributed by atoms with Crippen molar-refractivity contribution in [2.24, 2.45) is 0 Å². The molecular formula is C14H23NO4. The molecule has 0 unspecified atom stereocenters. The van der Waals surface area contributed by atoms with E-state index in [0.717, 1.165) is 6.42 Å². The number of rotatable bonds is 6. The summed E-state index contributed by atoms with van der Waals surface area (Å²) in [6, 6.07) is 0. The fourth-order valence-electron chi connectivity index (χ4n) is 1.68. The van der Waals surface area contributed by atoms with Gasteiger partial charge < -0.3 is 13.9 Å². The molecule has 0 spiro atoms. The standard InChI is InChI=1S/C14H23NO4/c1-6-18-9-7-8-10-15-12(14(2,3)4)11(19-10)13(16)17-5/h6-9H2,1-5H3. The van der Waals surface area contributed by atoms with Crippen molar-refractivity contribution in [2.45, 2.75) is 46.0 Å². The molecule has 5 heteroatoms. The molecule has 1 aromatic heterocycles. The van der Waals surface area contributed by atoms with E-state index in [1.54, 1.807) is 0 Å². The van der Waals surface area contributed by atoms with Crippen molar-refractivity contribution >= 4 is 5.97 Å². The molecule has 1 rings (SSSR count). The van der Waals surface area contributed by atoms with E-state index in [-0.39, 0.29) is 11.2 Å². The lowest BCUT2D eigenvalue weighted by molar-refractivity contribution is 0.0559. The third-order valence-corrected chi connectivity index (χ3v) is 2.64. The molecule has 0 aliphatic carbocycles. The SMILES string of the molecule is CCOCCCc1nc(C(C)(C)C)c(C(=O)OC)o1. The number of hydrogen-bond acceptors (Lipinski definition) is 5. The predicted octanol–water partition coefficient (Wildman–Crippen LogP) is 2.73. The Morgan fingerprint density at radius 1 is 1.37 bits per heavy atom. The number of aryl methyl sites for hydroxylation is 1. The summed E-state index contributed by atoms with van der Waals surface area (Å²) in [6.07, 6.45) is 1.47. The Balaban J connectivity index is 2.85. The minimum Gasteiger partial charge on any atom is -0.463 e. The Bertz CT molecular complexity index is 418. The van der Waals surface area contributed by atoms with Crippen LogP contribution in [0, 0.1) is 0 Å². The van der Waals surface area contributed by atoms with Crippen LogP contribution in [0.15, 0.2) is 4.42 Å². The second-order valence-electron chi connectivity index (χ2n) is 5.33. The fourth-order valence-corrected chi connectivity index (χ4v) is 1.68. The van der Waals surface area contributed by atoms with Crippen molar-refractivity contribution in [1.29, 1.82) is 0 Å². The molecule has 0 saturated carbocycles. The maximum Gasteiger partial charge on any atom is 0.376 e. The van der Waals surface area contributed by atoms with E-state index in [0.29, 0.717) is 31.2 Å². The third-order valence-electron chi connectivity index (χ3n) is 2.64. The molecule has 1 aromatic rings. The highest BCUT2D eigenvalue weighted by Crippen LogP contribution is 2.26. The summed E-state index contributed by atoms with van der Waals surface area (Å²) < 4.78 is 15.5. The smallest absolute Gasteiger partial charge is 0.376 e. The second-order valence-corrected chi connectivity index (χ2v) is 5.33. The van der Waals surface area contributed by atoms with Gasteiger partial charge in [-0.3, -0.25) is 0 Å². The Morgan fingerprint density at radius 3 is 2.58 bits per heavy atom. The average Bonchev–Trinajstić information content (AvgIpc) is 2.78. The first kappa shape index (κ1) is 15.7. The van der Waals surface area contributed by atoms with Gasteiger partial charge in [0.05, 0.1) is 12.8 Å². The van der Waals surface area contributed by atoms with Crippen molar-refractivity contribution in [1.82, 2.24) is 4.98 Å². The van der Waals surface area contributed by atoms with Crippen molar-refractivity contribution in [3.8, 4) is 0 Å². The molecule has 0 bridgehead atoms. The fraction of sp³-hybridized carbons (Fsp3) is 0.714. The number of ether oxygens (including phenoxy) is 2. The van der Waals surface area contributed by atoms with Crippen molar-refractivity contribution < 1.29 is 18.7 Å². The van der Waals surface area contributed by atoms with Crippen LogP contribution in [-0.4, -0.2) is 31.3 Å². The van der Waals surface area contributed by atoms with Crippen LogP contribution < -0.4 is 0 Å². The monoisotopic (exact) mass is 269 g/mol. The zero-order valence-corrected chi connectivity index (χ0v) is 12.4. The van der Waals surface area contributed by atoms with Gasteiger partial charge in [0.15, 0.2) is 5.89 Å². The van der Waals surface area contributed by atoms with Gasteiger partial charge >= 0.3 is 5.97 Å². The summed E-state index contributed by atoms with van der Waals surface area (Å²) >= 11 is 0. The van der Waals surface area contributed by atoms with Crippen LogP contribution in [0.4, 0.5) is 0 Å².